The number of carbonyl (C=O) groups is 1. The van der Waals surface area contributed by atoms with Crippen molar-refractivity contribution in [2.24, 2.45) is 5.92 Å². The lowest BCUT2D eigenvalue weighted by molar-refractivity contribution is -0.137. The van der Waals surface area contributed by atoms with Crippen LogP contribution in [-0.4, -0.2) is 29.9 Å². The number of halogens is 4. The molecule has 2 aliphatic heterocycles. The Morgan fingerprint density at radius 2 is 1.95 bits per heavy atom. The fraction of sp³-hybridized carbons (Fsp3) is 0.533. The van der Waals surface area contributed by atoms with E-state index in [2.05, 4.69) is 5.32 Å². The van der Waals surface area contributed by atoms with Crippen LogP contribution in [-0.2, 0) is 6.18 Å². The van der Waals surface area contributed by atoms with Crippen LogP contribution in [0.5, 0.6) is 0 Å². The van der Waals surface area contributed by atoms with Crippen LogP contribution in [0, 0.1) is 5.92 Å². The van der Waals surface area contributed by atoms with Crippen LogP contribution in [0.15, 0.2) is 18.2 Å². The predicted molar refractivity (Wildman–Crippen MR) is 79.1 cm³/mol. The standard InChI is InChI=1S/C15H17F3N2O.ClH/c1-8(2)11-6-19-7-12-9-4-3-5-10(15(16,17)18)13(9)14(21)20(11)12;/h3-5,8,11-12,19H,6-7H2,1-2H3;1H/t11-,12-;/m1./s1. The van der Waals surface area contributed by atoms with E-state index in [0.717, 1.165) is 6.07 Å². The second-order valence-electron chi connectivity index (χ2n) is 5.97. The van der Waals surface area contributed by atoms with Crippen LogP contribution in [0.4, 0.5) is 13.2 Å². The normalized spacial score (nSPS) is 24.1. The van der Waals surface area contributed by atoms with E-state index in [1.54, 1.807) is 11.0 Å². The molecular weight excluding hydrogens is 317 g/mol. The van der Waals surface area contributed by atoms with Crippen molar-refractivity contribution >= 4 is 18.3 Å². The molecule has 1 fully saturated rings. The van der Waals surface area contributed by atoms with Gasteiger partial charge in [0, 0.05) is 19.1 Å². The van der Waals surface area contributed by atoms with Crippen molar-refractivity contribution < 1.29 is 18.0 Å². The van der Waals surface area contributed by atoms with Gasteiger partial charge in [-0.1, -0.05) is 26.0 Å². The Morgan fingerprint density at radius 1 is 1.27 bits per heavy atom. The lowest BCUT2D eigenvalue weighted by atomic mass is 9.96. The van der Waals surface area contributed by atoms with Crippen LogP contribution in [0.2, 0.25) is 0 Å². The van der Waals surface area contributed by atoms with Crippen LogP contribution < -0.4 is 5.32 Å². The van der Waals surface area contributed by atoms with Gasteiger partial charge in [0.15, 0.2) is 0 Å². The number of carbonyl (C=O) groups excluding carboxylic acids is 1. The number of hydrogen-bond acceptors (Lipinski definition) is 2. The summed E-state index contributed by atoms with van der Waals surface area (Å²) >= 11 is 0. The molecule has 0 radical (unpaired) electrons. The molecule has 1 aromatic rings. The zero-order chi connectivity index (χ0) is 15.4. The summed E-state index contributed by atoms with van der Waals surface area (Å²) in [5.74, 6) is -0.295. The van der Waals surface area contributed by atoms with Gasteiger partial charge in [-0.05, 0) is 17.5 Å². The Balaban J connectivity index is 0.00000176. The van der Waals surface area contributed by atoms with Crippen LogP contribution >= 0.6 is 12.4 Å². The van der Waals surface area contributed by atoms with Crippen molar-refractivity contribution in [3.05, 3.63) is 34.9 Å². The highest BCUT2D eigenvalue weighted by Crippen LogP contribution is 2.43. The van der Waals surface area contributed by atoms with Crippen molar-refractivity contribution in [2.75, 3.05) is 13.1 Å². The highest BCUT2D eigenvalue weighted by Gasteiger charge is 2.48. The van der Waals surface area contributed by atoms with Gasteiger partial charge in [-0.3, -0.25) is 4.79 Å². The van der Waals surface area contributed by atoms with Crippen molar-refractivity contribution in [1.29, 1.82) is 0 Å². The largest absolute Gasteiger partial charge is 0.417 e. The minimum atomic E-state index is -4.50. The Kier molecular flexibility index (Phi) is 4.46. The molecule has 2 heterocycles. The van der Waals surface area contributed by atoms with Crippen LogP contribution in [0.1, 0.15) is 41.4 Å². The fourth-order valence-corrected chi connectivity index (χ4v) is 3.36. The molecule has 22 heavy (non-hydrogen) atoms. The quantitative estimate of drug-likeness (QED) is 0.855. The van der Waals surface area contributed by atoms with E-state index < -0.39 is 17.6 Å². The number of nitrogens with one attached hydrogen (secondary N) is 1. The summed E-state index contributed by atoms with van der Waals surface area (Å²) in [5, 5.41) is 3.23. The van der Waals surface area contributed by atoms with Crippen LogP contribution in [0.3, 0.4) is 0 Å². The van der Waals surface area contributed by atoms with Gasteiger partial charge in [-0.15, -0.1) is 12.4 Å². The van der Waals surface area contributed by atoms with Gasteiger partial charge in [0.25, 0.3) is 5.91 Å². The highest BCUT2D eigenvalue weighted by molar-refractivity contribution is 6.01. The molecule has 1 N–H and O–H groups in total. The summed E-state index contributed by atoms with van der Waals surface area (Å²) < 4.78 is 39.5. The van der Waals surface area contributed by atoms with Gasteiger partial charge >= 0.3 is 6.18 Å². The summed E-state index contributed by atoms with van der Waals surface area (Å²) in [6.07, 6.45) is -4.50. The Morgan fingerprint density at radius 3 is 2.55 bits per heavy atom. The molecule has 0 unspecified atom stereocenters. The number of alkyl halides is 3. The van der Waals surface area contributed by atoms with Crippen molar-refractivity contribution in [1.82, 2.24) is 10.2 Å². The maximum Gasteiger partial charge on any atom is 0.417 e. The highest BCUT2D eigenvalue weighted by atomic mass is 35.5. The summed E-state index contributed by atoms with van der Waals surface area (Å²) in [6.45, 7) is 5.09. The van der Waals surface area contributed by atoms with Crippen molar-refractivity contribution in [3.8, 4) is 0 Å². The molecular formula is C15H18ClF3N2O. The molecule has 7 heteroatoms. The van der Waals surface area contributed by atoms with E-state index in [1.807, 2.05) is 13.8 Å². The van der Waals surface area contributed by atoms with Gasteiger partial charge < -0.3 is 10.2 Å². The topological polar surface area (TPSA) is 32.3 Å². The SMILES string of the molecule is CC(C)[C@H]1CNC[C@@H]2c3cccc(C(F)(F)F)c3C(=O)N21.Cl. The van der Waals surface area contributed by atoms with Gasteiger partial charge in [0.2, 0.25) is 0 Å². The van der Waals surface area contributed by atoms with Gasteiger partial charge in [0.1, 0.15) is 0 Å². The van der Waals surface area contributed by atoms with E-state index in [1.165, 1.54) is 6.07 Å². The molecule has 122 valence electrons. The number of fused-ring (bicyclic) bond motifs is 3. The van der Waals surface area contributed by atoms with Crippen LogP contribution in [0.25, 0.3) is 0 Å². The fourth-order valence-electron chi connectivity index (χ4n) is 3.36. The number of nitrogens with zero attached hydrogens (tertiary/aromatic N) is 1. The van der Waals surface area contributed by atoms with E-state index >= 15 is 0 Å². The third-order valence-corrected chi connectivity index (χ3v) is 4.36. The first-order chi connectivity index (χ1) is 9.82. The second-order valence-corrected chi connectivity index (χ2v) is 5.97. The maximum absolute atomic E-state index is 13.2. The third kappa shape index (κ3) is 2.48. The second kappa shape index (κ2) is 5.74. The number of benzene rings is 1. The Hall–Kier alpha value is -1.27. The zero-order valence-electron chi connectivity index (χ0n) is 12.3. The molecule has 1 aromatic carbocycles. The van der Waals surface area contributed by atoms with E-state index in [9.17, 15) is 18.0 Å². The zero-order valence-corrected chi connectivity index (χ0v) is 13.1. The first-order valence-corrected chi connectivity index (χ1v) is 7.06. The molecule has 0 spiro atoms. The lowest BCUT2D eigenvalue weighted by Crippen LogP contribution is -2.54. The molecule has 0 aromatic heterocycles. The minimum Gasteiger partial charge on any atom is -0.326 e. The summed E-state index contributed by atoms with van der Waals surface area (Å²) in [7, 11) is 0. The molecule has 1 amide bonds. The number of amides is 1. The molecule has 0 bridgehead atoms. The molecule has 0 aliphatic carbocycles. The summed E-state index contributed by atoms with van der Waals surface area (Å²) in [4.78, 5) is 14.3. The average Bonchev–Trinajstić information content (AvgIpc) is 2.71. The predicted octanol–water partition coefficient (Wildman–Crippen LogP) is 3.25. The molecule has 0 saturated carbocycles. The van der Waals surface area contributed by atoms with E-state index in [0.29, 0.717) is 18.7 Å². The average molecular weight is 335 g/mol. The number of hydrogen-bond donors (Lipinski definition) is 1. The molecule has 3 rings (SSSR count). The molecule has 1 saturated heterocycles. The third-order valence-electron chi connectivity index (χ3n) is 4.36. The number of rotatable bonds is 1. The summed E-state index contributed by atoms with van der Waals surface area (Å²) in [5.41, 5.74) is -0.487. The summed E-state index contributed by atoms with van der Waals surface area (Å²) in [6, 6.07) is 3.64. The lowest BCUT2D eigenvalue weighted by Gasteiger charge is -2.40. The van der Waals surface area contributed by atoms with E-state index in [-0.39, 0.29) is 36.0 Å². The Bertz CT molecular complexity index is 589. The van der Waals surface area contributed by atoms with Crippen molar-refractivity contribution in [2.45, 2.75) is 32.1 Å². The van der Waals surface area contributed by atoms with Gasteiger partial charge in [0.05, 0.1) is 17.2 Å². The maximum atomic E-state index is 13.2. The Labute approximate surface area is 133 Å². The minimum absolute atomic E-state index is 0. The van der Waals surface area contributed by atoms with Gasteiger partial charge in [-0.25, -0.2) is 0 Å². The molecule has 2 aliphatic rings. The smallest absolute Gasteiger partial charge is 0.326 e. The monoisotopic (exact) mass is 334 g/mol. The molecule has 2 atom stereocenters. The van der Waals surface area contributed by atoms with E-state index in [4.69, 9.17) is 0 Å². The first-order valence-electron chi connectivity index (χ1n) is 7.06. The first kappa shape index (κ1) is 17.1. The number of piperazine rings is 1. The molecule has 3 nitrogen and oxygen atoms in total. The van der Waals surface area contributed by atoms with Crippen molar-refractivity contribution in [3.63, 3.8) is 0 Å². The van der Waals surface area contributed by atoms with Gasteiger partial charge in [-0.2, -0.15) is 13.2 Å².